The van der Waals surface area contributed by atoms with Gasteiger partial charge in [-0.2, -0.15) is 0 Å². The van der Waals surface area contributed by atoms with Crippen LogP contribution >= 0.6 is 11.6 Å². The van der Waals surface area contributed by atoms with Crippen molar-refractivity contribution in [3.05, 3.63) is 52.8 Å². The van der Waals surface area contributed by atoms with Crippen LogP contribution in [0.2, 0.25) is 5.02 Å². The van der Waals surface area contributed by atoms with Crippen molar-refractivity contribution in [1.82, 2.24) is 0 Å². The van der Waals surface area contributed by atoms with Crippen LogP contribution in [0.5, 0.6) is 0 Å². The van der Waals surface area contributed by atoms with Crippen LogP contribution in [0.4, 0.5) is 15.8 Å². The van der Waals surface area contributed by atoms with E-state index in [0.717, 1.165) is 6.07 Å². The normalized spacial score (nSPS) is 11.3. The van der Waals surface area contributed by atoms with Crippen LogP contribution in [0.3, 0.4) is 0 Å². The molecule has 0 fully saturated rings. The van der Waals surface area contributed by atoms with Gasteiger partial charge in [-0.1, -0.05) is 17.7 Å². The van der Waals surface area contributed by atoms with Gasteiger partial charge in [0.15, 0.2) is 0 Å². The third-order valence-electron chi connectivity index (χ3n) is 2.58. The molecule has 2 aromatic rings. The Hall–Kier alpha value is -1.79. The number of benzene rings is 2. The molecule has 0 saturated carbocycles. The van der Waals surface area contributed by atoms with Crippen molar-refractivity contribution in [2.75, 3.05) is 10.5 Å². The Kier molecular flexibility index (Phi) is 3.87. The number of nitrogens with one attached hydrogen (secondary N) is 1. The molecule has 0 spiro atoms. The lowest BCUT2D eigenvalue weighted by Crippen LogP contribution is -2.15. The Morgan fingerprint density at radius 3 is 2.55 bits per heavy atom. The molecule has 4 nitrogen and oxygen atoms in total. The van der Waals surface area contributed by atoms with Crippen molar-refractivity contribution in [3.8, 4) is 0 Å². The molecular formula is C13H12ClFN2O2S. The lowest BCUT2D eigenvalue weighted by Gasteiger charge is -2.11. The third-order valence-corrected chi connectivity index (χ3v) is 4.23. The van der Waals surface area contributed by atoms with Crippen LogP contribution < -0.4 is 10.5 Å². The van der Waals surface area contributed by atoms with E-state index in [0.29, 0.717) is 11.3 Å². The van der Waals surface area contributed by atoms with Crippen molar-refractivity contribution in [3.63, 3.8) is 0 Å². The van der Waals surface area contributed by atoms with Crippen molar-refractivity contribution < 1.29 is 12.8 Å². The van der Waals surface area contributed by atoms with Crippen molar-refractivity contribution in [2.24, 2.45) is 0 Å². The topological polar surface area (TPSA) is 72.2 Å². The Bertz CT molecular complexity index is 722. The standard InChI is InChI=1S/C13H12ClFN2O2S/c1-8-5-9(16)7-10(6-8)20(18,19)17-13-11(14)3-2-4-12(13)15/h2-7,17H,16H2,1H3. The van der Waals surface area contributed by atoms with Crippen molar-refractivity contribution in [2.45, 2.75) is 11.8 Å². The maximum absolute atomic E-state index is 13.6. The largest absolute Gasteiger partial charge is 0.399 e. The molecule has 7 heteroatoms. The fraction of sp³-hybridized carbons (Fsp3) is 0.0769. The van der Waals surface area contributed by atoms with E-state index < -0.39 is 15.8 Å². The predicted molar refractivity (Wildman–Crippen MR) is 77.8 cm³/mol. The molecule has 0 aliphatic rings. The molecule has 0 aromatic heterocycles. The molecule has 20 heavy (non-hydrogen) atoms. The van der Waals surface area contributed by atoms with E-state index in [4.69, 9.17) is 17.3 Å². The van der Waals surface area contributed by atoms with Gasteiger partial charge in [0.05, 0.1) is 9.92 Å². The number of anilines is 2. The molecule has 0 amide bonds. The zero-order valence-electron chi connectivity index (χ0n) is 10.5. The summed E-state index contributed by atoms with van der Waals surface area (Å²) < 4.78 is 40.2. The first-order chi connectivity index (χ1) is 9.29. The molecule has 0 unspecified atom stereocenters. The summed E-state index contributed by atoms with van der Waals surface area (Å²) in [6.45, 7) is 1.71. The van der Waals surface area contributed by atoms with Gasteiger partial charge in [0, 0.05) is 5.69 Å². The number of aryl methyl sites for hydroxylation is 1. The smallest absolute Gasteiger partial charge is 0.262 e. The SMILES string of the molecule is Cc1cc(N)cc(S(=O)(=O)Nc2c(F)cccc2Cl)c1. The average Bonchev–Trinajstić information content (AvgIpc) is 2.33. The summed E-state index contributed by atoms with van der Waals surface area (Å²) in [6.07, 6.45) is 0. The molecule has 0 heterocycles. The highest BCUT2D eigenvalue weighted by molar-refractivity contribution is 7.92. The summed E-state index contributed by atoms with van der Waals surface area (Å²) in [5.41, 5.74) is 6.33. The van der Waals surface area contributed by atoms with Crippen LogP contribution in [0.1, 0.15) is 5.56 Å². The fourth-order valence-electron chi connectivity index (χ4n) is 1.72. The van der Waals surface area contributed by atoms with E-state index in [1.165, 1.54) is 24.3 Å². The first-order valence-corrected chi connectivity index (χ1v) is 7.50. The molecule has 106 valence electrons. The zero-order valence-corrected chi connectivity index (χ0v) is 12.1. The van der Waals surface area contributed by atoms with Gasteiger partial charge in [-0.25, -0.2) is 12.8 Å². The number of para-hydroxylation sites is 1. The molecule has 2 rings (SSSR count). The maximum Gasteiger partial charge on any atom is 0.262 e. The van der Waals surface area contributed by atoms with Crippen LogP contribution in [-0.2, 0) is 10.0 Å². The highest BCUT2D eigenvalue weighted by Gasteiger charge is 2.19. The number of sulfonamides is 1. The lowest BCUT2D eigenvalue weighted by atomic mass is 10.2. The first kappa shape index (κ1) is 14.6. The van der Waals surface area contributed by atoms with Crippen LogP contribution in [0.15, 0.2) is 41.3 Å². The zero-order chi connectivity index (χ0) is 14.9. The number of halogens is 2. The summed E-state index contributed by atoms with van der Waals surface area (Å²) in [4.78, 5) is -0.0469. The van der Waals surface area contributed by atoms with Gasteiger partial charge in [0.2, 0.25) is 0 Å². The van der Waals surface area contributed by atoms with Crippen LogP contribution in [-0.4, -0.2) is 8.42 Å². The van der Waals surface area contributed by atoms with Crippen molar-refractivity contribution >= 4 is 33.0 Å². The number of rotatable bonds is 3. The molecular weight excluding hydrogens is 303 g/mol. The average molecular weight is 315 g/mol. The number of hydrogen-bond acceptors (Lipinski definition) is 3. The Morgan fingerprint density at radius 1 is 1.25 bits per heavy atom. The second-order valence-electron chi connectivity index (χ2n) is 4.28. The molecule has 3 N–H and O–H groups in total. The minimum Gasteiger partial charge on any atom is -0.399 e. The number of nitrogens with two attached hydrogens (primary N) is 1. The highest BCUT2D eigenvalue weighted by atomic mass is 35.5. The molecule has 0 saturated heterocycles. The summed E-state index contributed by atoms with van der Waals surface area (Å²) >= 11 is 5.79. The van der Waals surface area contributed by atoms with Gasteiger partial charge in [0.1, 0.15) is 11.5 Å². The molecule has 0 aliphatic carbocycles. The molecule has 0 atom stereocenters. The summed E-state index contributed by atoms with van der Waals surface area (Å²) in [7, 11) is -3.96. The summed E-state index contributed by atoms with van der Waals surface area (Å²) in [5.74, 6) is -0.748. The molecule has 2 aromatic carbocycles. The maximum atomic E-state index is 13.6. The predicted octanol–water partition coefficient (Wildman–Crippen LogP) is 3.17. The highest BCUT2D eigenvalue weighted by Crippen LogP contribution is 2.28. The quantitative estimate of drug-likeness (QED) is 0.855. The van der Waals surface area contributed by atoms with Gasteiger partial charge in [-0.3, -0.25) is 4.72 Å². The minimum absolute atomic E-state index is 0.0193. The molecule has 0 bridgehead atoms. The van der Waals surface area contributed by atoms with E-state index in [1.807, 2.05) is 0 Å². The Balaban J connectivity index is 2.46. The number of hydrogen-bond donors (Lipinski definition) is 2. The van der Waals surface area contributed by atoms with Gasteiger partial charge in [-0.15, -0.1) is 0 Å². The molecule has 0 aliphatic heterocycles. The van der Waals surface area contributed by atoms with Crippen LogP contribution in [0, 0.1) is 12.7 Å². The first-order valence-electron chi connectivity index (χ1n) is 5.63. The van der Waals surface area contributed by atoms with Crippen molar-refractivity contribution in [1.29, 1.82) is 0 Å². The minimum atomic E-state index is -3.96. The Labute approximate surface area is 121 Å². The third kappa shape index (κ3) is 3.02. The fourth-order valence-corrected chi connectivity index (χ4v) is 3.21. The van der Waals surface area contributed by atoms with E-state index in [9.17, 15) is 12.8 Å². The van der Waals surface area contributed by atoms with Gasteiger partial charge < -0.3 is 5.73 Å². The van der Waals surface area contributed by atoms with E-state index in [1.54, 1.807) is 13.0 Å². The lowest BCUT2D eigenvalue weighted by molar-refractivity contribution is 0.598. The summed E-state index contributed by atoms with van der Waals surface area (Å²) in [6, 6.07) is 8.27. The van der Waals surface area contributed by atoms with Gasteiger partial charge in [0.25, 0.3) is 10.0 Å². The van der Waals surface area contributed by atoms with Gasteiger partial charge in [-0.05, 0) is 42.8 Å². The van der Waals surface area contributed by atoms with E-state index in [2.05, 4.69) is 4.72 Å². The van der Waals surface area contributed by atoms with E-state index >= 15 is 0 Å². The Morgan fingerprint density at radius 2 is 1.95 bits per heavy atom. The van der Waals surface area contributed by atoms with Gasteiger partial charge >= 0.3 is 0 Å². The van der Waals surface area contributed by atoms with E-state index in [-0.39, 0.29) is 15.6 Å². The second kappa shape index (κ2) is 5.30. The molecule has 0 radical (unpaired) electrons. The number of nitrogen functional groups attached to an aromatic ring is 1. The second-order valence-corrected chi connectivity index (χ2v) is 6.37. The monoisotopic (exact) mass is 314 g/mol. The summed E-state index contributed by atoms with van der Waals surface area (Å²) in [5, 5.41) is -0.0193. The van der Waals surface area contributed by atoms with Crippen LogP contribution in [0.25, 0.3) is 0 Å².